The van der Waals surface area contributed by atoms with Gasteiger partial charge in [-0.05, 0) is 38.5 Å². The summed E-state index contributed by atoms with van der Waals surface area (Å²) in [5.41, 5.74) is 0. The molecule has 1 rings (SSSR count). The third-order valence-corrected chi connectivity index (χ3v) is 3.74. The zero-order valence-electron chi connectivity index (χ0n) is 9.72. The zero-order valence-corrected chi connectivity index (χ0v) is 10.5. The van der Waals surface area contributed by atoms with Crippen LogP contribution >= 0.6 is 0 Å². The van der Waals surface area contributed by atoms with Crippen LogP contribution in [0, 0.1) is 5.82 Å². The number of hydrogen-bond acceptors (Lipinski definition) is 3. The second-order valence-electron chi connectivity index (χ2n) is 4.06. The minimum absolute atomic E-state index is 0.116. The van der Waals surface area contributed by atoms with Gasteiger partial charge in [-0.15, -0.1) is 0 Å². The molecule has 0 saturated heterocycles. The number of benzene rings is 1. The summed E-state index contributed by atoms with van der Waals surface area (Å²) in [4.78, 5) is -0.116. The molecule has 1 aromatic carbocycles. The van der Waals surface area contributed by atoms with Crippen molar-refractivity contribution in [3.63, 3.8) is 0 Å². The Hall–Kier alpha value is -0.980. The third kappa shape index (κ3) is 4.41. The number of aliphatic hydroxyl groups is 1. The molecule has 6 heteroatoms. The molecular formula is C11H16FNO3S. The van der Waals surface area contributed by atoms with Crippen LogP contribution in [0.4, 0.5) is 4.39 Å². The van der Waals surface area contributed by atoms with Gasteiger partial charge in [-0.25, -0.2) is 17.5 Å². The quantitative estimate of drug-likeness (QED) is 0.838. The summed E-state index contributed by atoms with van der Waals surface area (Å²) in [6.07, 6.45) is -0.297. The first-order chi connectivity index (χ1) is 7.81. The first kappa shape index (κ1) is 14.1. The van der Waals surface area contributed by atoms with Crippen LogP contribution in [0.25, 0.3) is 0 Å². The van der Waals surface area contributed by atoms with Gasteiger partial charge in [-0.2, -0.15) is 0 Å². The number of rotatable bonds is 5. The maximum atomic E-state index is 12.9. The number of halogens is 1. The lowest BCUT2D eigenvalue weighted by Crippen LogP contribution is -2.34. The van der Waals surface area contributed by atoms with Crippen LogP contribution in [-0.2, 0) is 10.0 Å². The molecule has 0 saturated carbocycles. The first-order valence-corrected chi connectivity index (χ1v) is 6.75. The smallest absolute Gasteiger partial charge is 0.240 e. The van der Waals surface area contributed by atoms with Gasteiger partial charge in [0.1, 0.15) is 5.82 Å². The van der Waals surface area contributed by atoms with Crippen molar-refractivity contribution >= 4 is 10.0 Å². The van der Waals surface area contributed by atoms with E-state index in [1.165, 1.54) is 18.2 Å². The van der Waals surface area contributed by atoms with Gasteiger partial charge in [0.15, 0.2) is 0 Å². The summed E-state index contributed by atoms with van der Waals surface area (Å²) in [7, 11) is -3.73. The Labute approximate surface area is 101 Å². The molecule has 4 nitrogen and oxygen atoms in total. The van der Waals surface area contributed by atoms with Crippen molar-refractivity contribution in [1.82, 2.24) is 4.72 Å². The van der Waals surface area contributed by atoms with Crippen molar-refractivity contribution in [1.29, 1.82) is 0 Å². The summed E-state index contributed by atoms with van der Waals surface area (Å²) in [6, 6.07) is 4.38. The van der Waals surface area contributed by atoms with Crippen molar-refractivity contribution in [2.24, 2.45) is 0 Å². The fourth-order valence-corrected chi connectivity index (χ4v) is 2.81. The molecule has 0 aliphatic rings. The summed E-state index contributed by atoms with van der Waals surface area (Å²) < 4.78 is 38.9. The molecule has 0 radical (unpaired) electrons. The Balaban J connectivity index is 2.82. The van der Waals surface area contributed by atoms with Crippen molar-refractivity contribution in [3.05, 3.63) is 30.1 Å². The highest BCUT2D eigenvalue weighted by molar-refractivity contribution is 7.89. The standard InChI is InChI=1S/C11H16FNO3S/c1-8(6-9(2)14)13-17(15,16)11-5-3-4-10(12)7-11/h3-5,7-9,13-14H,6H2,1-2H3. The molecule has 1 aromatic rings. The Morgan fingerprint density at radius 3 is 2.59 bits per heavy atom. The highest BCUT2D eigenvalue weighted by atomic mass is 32.2. The van der Waals surface area contributed by atoms with E-state index >= 15 is 0 Å². The van der Waals surface area contributed by atoms with Crippen LogP contribution in [0.2, 0.25) is 0 Å². The van der Waals surface area contributed by atoms with Crippen molar-refractivity contribution < 1.29 is 17.9 Å². The molecule has 17 heavy (non-hydrogen) atoms. The maximum absolute atomic E-state index is 12.9. The fourth-order valence-electron chi connectivity index (χ4n) is 1.53. The van der Waals surface area contributed by atoms with Gasteiger partial charge < -0.3 is 5.11 Å². The lowest BCUT2D eigenvalue weighted by Gasteiger charge is -2.15. The average molecular weight is 261 g/mol. The SMILES string of the molecule is CC(O)CC(C)NS(=O)(=O)c1cccc(F)c1. The molecule has 0 heterocycles. The Kier molecular flexibility index (Phi) is 4.62. The van der Waals surface area contributed by atoms with E-state index < -0.39 is 28.0 Å². The highest BCUT2D eigenvalue weighted by Gasteiger charge is 2.18. The van der Waals surface area contributed by atoms with Crippen molar-refractivity contribution in [2.45, 2.75) is 37.3 Å². The van der Waals surface area contributed by atoms with Crippen LogP contribution in [-0.4, -0.2) is 25.7 Å². The Morgan fingerprint density at radius 2 is 2.06 bits per heavy atom. The van der Waals surface area contributed by atoms with Crippen LogP contribution in [0.5, 0.6) is 0 Å². The van der Waals surface area contributed by atoms with E-state index in [0.717, 1.165) is 6.07 Å². The van der Waals surface area contributed by atoms with E-state index in [9.17, 15) is 12.8 Å². The summed E-state index contributed by atoms with van der Waals surface area (Å²) in [5.74, 6) is -0.601. The molecule has 0 fully saturated rings. The minimum Gasteiger partial charge on any atom is -0.393 e. The van der Waals surface area contributed by atoms with Crippen LogP contribution in [0.1, 0.15) is 20.3 Å². The Morgan fingerprint density at radius 1 is 1.41 bits per heavy atom. The molecule has 0 amide bonds. The third-order valence-electron chi connectivity index (χ3n) is 2.16. The summed E-state index contributed by atoms with van der Waals surface area (Å²) in [6.45, 7) is 3.22. The lowest BCUT2D eigenvalue weighted by atomic mass is 10.2. The minimum atomic E-state index is -3.73. The molecule has 0 bridgehead atoms. The topological polar surface area (TPSA) is 66.4 Å². The van der Waals surface area contributed by atoms with Crippen LogP contribution < -0.4 is 4.72 Å². The van der Waals surface area contributed by atoms with Crippen molar-refractivity contribution in [3.8, 4) is 0 Å². The molecule has 2 unspecified atom stereocenters. The molecule has 0 spiro atoms. The lowest BCUT2D eigenvalue weighted by molar-refractivity contribution is 0.175. The normalized spacial score (nSPS) is 15.5. The maximum Gasteiger partial charge on any atom is 0.240 e. The first-order valence-electron chi connectivity index (χ1n) is 5.27. The average Bonchev–Trinajstić information content (AvgIpc) is 2.15. The van der Waals surface area contributed by atoms with Gasteiger partial charge in [0.2, 0.25) is 10.0 Å². The number of nitrogens with one attached hydrogen (secondary N) is 1. The summed E-state index contributed by atoms with van der Waals surface area (Å²) in [5, 5.41) is 9.14. The molecule has 96 valence electrons. The molecule has 0 aliphatic heterocycles. The van der Waals surface area contributed by atoms with Gasteiger partial charge >= 0.3 is 0 Å². The van der Waals surface area contributed by atoms with E-state index in [4.69, 9.17) is 5.11 Å². The number of hydrogen-bond donors (Lipinski definition) is 2. The Bertz CT molecular complexity index is 473. The fraction of sp³-hybridized carbons (Fsp3) is 0.455. The highest BCUT2D eigenvalue weighted by Crippen LogP contribution is 2.11. The van der Waals surface area contributed by atoms with Crippen molar-refractivity contribution in [2.75, 3.05) is 0 Å². The van der Waals surface area contributed by atoms with Gasteiger partial charge in [0.25, 0.3) is 0 Å². The van der Waals surface area contributed by atoms with Crippen LogP contribution in [0.15, 0.2) is 29.2 Å². The molecular weight excluding hydrogens is 245 g/mol. The van der Waals surface area contributed by atoms with Gasteiger partial charge in [-0.3, -0.25) is 0 Å². The second-order valence-corrected chi connectivity index (χ2v) is 5.78. The molecule has 2 N–H and O–H groups in total. The van der Waals surface area contributed by atoms with Gasteiger partial charge in [0, 0.05) is 6.04 Å². The van der Waals surface area contributed by atoms with Gasteiger partial charge in [0.05, 0.1) is 11.0 Å². The van der Waals surface area contributed by atoms with Gasteiger partial charge in [-0.1, -0.05) is 6.07 Å². The van der Waals surface area contributed by atoms with E-state index in [0.29, 0.717) is 6.42 Å². The van der Waals surface area contributed by atoms with E-state index in [1.807, 2.05) is 0 Å². The number of sulfonamides is 1. The molecule has 0 aromatic heterocycles. The number of aliphatic hydroxyl groups excluding tert-OH is 1. The molecule has 2 atom stereocenters. The van der Waals surface area contributed by atoms with E-state index in [1.54, 1.807) is 13.8 Å². The predicted octanol–water partition coefficient (Wildman–Crippen LogP) is 1.26. The van der Waals surface area contributed by atoms with E-state index in [2.05, 4.69) is 4.72 Å². The van der Waals surface area contributed by atoms with Crippen LogP contribution in [0.3, 0.4) is 0 Å². The second kappa shape index (κ2) is 5.57. The molecule has 0 aliphatic carbocycles. The van der Waals surface area contributed by atoms with E-state index in [-0.39, 0.29) is 4.90 Å². The predicted molar refractivity (Wildman–Crippen MR) is 62.5 cm³/mol. The summed E-state index contributed by atoms with van der Waals surface area (Å²) >= 11 is 0. The largest absolute Gasteiger partial charge is 0.393 e. The zero-order chi connectivity index (χ0) is 13.1. The monoisotopic (exact) mass is 261 g/mol.